The summed E-state index contributed by atoms with van der Waals surface area (Å²) in [5.74, 6) is -1.17. The van der Waals surface area contributed by atoms with Crippen molar-refractivity contribution in [2.24, 2.45) is 0 Å². The molecule has 7 heteroatoms. The van der Waals surface area contributed by atoms with Gasteiger partial charge in [-0.1, -0.05) is 37.3 Å². The summed E-state index contributed by atoms with van der Waals surface area (Å²) in [6.07, 6.45) is 0.748. The first kappa shape index (κ1) is 18.2. The Morgan fingerprint density at radius 1 is 1.15 bits per heavy atom. The Morgan fingerprint density at radius 2 is 1.89 bits per heavy atom. The SMILES string of the molecule is C[C@]1(c2ccccc2)C[C@@H]1NS(=O)(=O)c1ccc(-c2ccc(O)c(F)c2)s1. The number of sulfonamides is 1. The van der Waals surface area contributed by atoms with Crippen molar-refractivity contribution in [1.82, 2.24) is 4.72 Å². The van der Waals surface area contributed by atoms with Crippen LogP contribution in [0.25, 0.3) is 10.4 Å². The molecule has 2 aromatic carbocycles. The third-order valence-electron chi connectivity index (χ3n) is 5.05. The van der Waals surface area contributed by atoms with Crippen LogP contribution in [-0.4, -0.2) is 19.6 Å². The van der Waals surface area contributed by atoms with Gasteiger partial charge in [-0.25, -0.2) is 17.5 Å². The Morgan fingerprint density at radius 3 is 2.59 bits per heavy atom. The minimum absolute atomic E-state index is 0.151. The Labute approximate surface area is 161 Å². The fourth-order valence-corrected chi connectivity index (χ4v) is 5.87. The average Bonchev–Trinajstić information content (AvgIpc) is 3.08. The van der Waals surface area contributed by atoms with Crippen molar-refractivity contribution in [1.29, 1.82) is 0 Å². The van der Waals surface area contributed by atoms with Crippen LogP contribution in [0.2, 0.25) is 0 Å². The normalized spacial score (nSPS) is 21.9. The molecular weight excluding hydrogens is 385 g/mol. The first-order valence-corrected chi connectivity index (χ1v) is 10.8. The lowest BCUT2D eigenvalue weighted by atomic mass is 9.98. The van der Waals surface area contributed by atoms with Gasteiger partial charge in [0, 0.05) is 16.3 Å². The van der Waals surface area contributed by atoms with E-state index in [0.717, 1.165) is 23.3 Å². The number of halogens is 1. The van der Waals surface area contributed by atoms with Gasteiger partial charge in [0.05, 0.1) is 0 Å². The molecule has 4 nitrogen and oxygen atoms in total. The van der Waals surface area contributed by atoms with Gasteiger partial charge in [0.15, 0.2) is 11.6 Å². The second-order valence-corrected chi connectivity index (χ2v) is 9.97. The van der Waals surface area contributed by atoms with E-state index < -0.39 is 21.6 Å². The quantitative estimate of drug-likeness (QED) is 0.669. The van der Waals surface area contributed by atoms with Crippen LogP contribution in [0.3, 0.4) is 0 Å². The van der Waals surface area contributed by atoms with Gasteiger partial charge in [-0.05, 0) is 47.9 Å². The third kappa shape index (κ3) is 3.38. The molecule has 1 aromatic heterocycles. The largest absolute Gasteiger partial charge is 0.505 e. The minimum Gasteiger partial charge on any atom is -0.505 e. The topological polar surface area (TPSA) is 66.4 Å². The van der Waals surface area contributed by atoms with Gasteiger partial charge in [-0.2, -0.15) is 0 Å². The first-order valence-electron chi connectivity index (χ1n) is 8.46. The summed E-state index contributed by atoms with van der Waals surface area (Å²) >= 11 is 1.07. The van der Waals surface area contributed by atoms with Crippen LogP contribution in [0.5, 0.6) is 5.75 Å². The van der Waals surface area contributed by atoms with Gasteiger partial charge < -0.3 is 5.11 Å². The molecule has 1 heterocycles. The van der Waals surface area contributed by atoms with Crippen molar-refractivity contribution in [3.8, 4) is 16.2 Å². The summed E-state index contributed by atoms with van der Waals surface area (Å²) in [6.45, 7) is 2.05. The van der Waals surface area contributed by atoms with Crippen LogP contribution in [-0.2, 0) is 15.4 Å². The zero-order valence-corrected chi connectivity index (χ0v) is 16.1. The molecule has 0 spiro atoms. The predicted octanol–water partition coefficient (Wildman–Crippen LogP) is 4.27. The van der Waals surface area contributed by atoms with Gasteiger partial charge in [0.25, 0.3) is 0 Å². The van der Waals surface area contributed by atoms with Gasteiger partial charge in [0.2, 0.25) is 10.0 Å². The highest BCUT2D eigenvalue weighted by Crippen LogP contribution is 2.48. The summed E-state index contributed by atoms with van der Waals surface area (Å²) in [5.41, 5.74) is 1.44. The molecule has 27 heavy (non-hydrogen) atoms. The highest BCUT2D eigenvalue weighted by atomic mass is 32.2. The summed E-state index contributed by atoms with van der Waals surface area (Å²) in [7, 11) is -3.66. The lowest BCUT2D eigenvalue weighted by molar-refractivity contribution is 0.432. The highest BCUT2D eigenvalue weighted by molar-refractivity contribution is 7.91. The van der Waals surface area contributed by atoms with Crippen molar-refractivity contribution >= 4 is 21.4 Å². The van der Waals surface area contributed by atoms with E-state index in [-0.39, 0.29) is 15.7 Å². The second kappa shape index (κ2) is 6.44. The van der Waals surface area contributed by atoms with E-state index in [1.807, 2.05) is 30.3 Å². The lowest BCUT2D eigenvalue weighted by Gasteiger charge is -2.12. The molecule has 0 aliphatic heterocycles. The zero-order valence-electron chi connectivity index (χ0n) is 14.5. The maximum absolute atomic E-state index is 13.6. The highest BCUT2D eigenvalue weighted by Gasteiger charge is 2.53. The van der Waals surface area contributed by atoms with Crippen molar-refractivity contribution < 1.29 is 17.9 Å². The maximum atomic E-state index is 13.6. The van der Waals surface area contributed by atoms with E-state index in [9.17, 15) is 17.9 Å². The molecule has 140 valence electrons. The summed E-state index contributed by atoms with van der Waals surface area (Å²) in [6, 6.07) is 16.9. The van der Waals surface area contributed by atoms with Crippen molar-refractivity contribution in [3.05, 3.63) is 72.0 Å². The number of thiophene rings is 1. The Hall–Kier alpha value is -2.22. The maximum Gasteiger partial charge on any atom is 0.250 e. The number of benzene rings is 2. The lowest BCUT2D eigenvalue weighted by Crippen LogP contribution is -2.29. The third-order valence-corrected chi connectivity index (χ3v) is 8.14. The molecule has 2 N–H and O–H groups in total. The van der Waals surface area contributed by atoms with Crippen LogP contribution in [0.15, 0.2) is 64.9 Å². The zero-order chi connectivity index (χ0) is 19.2. The smallest absolute Gasteiger partial charge is 0.250 e. The van der Waals surface area contributed by atoms with Crippen molar-refractivity contribution in [3.63, 3.8) is 0 Å². The monoisotopic (exact) mass is 403 g/mol. The molecule has 0 bridgehead atoms. The van der Waals surface area contributed by atoms with Crippen LogP contribution in [0, 0.1) is 5.82 Å². The molecule has 1 aliphatic carbocycles. The van der Waals surface area contributed by atoms with Crippen molar-refractivity contribution in [2.45, 2.75) is 29.0 Å². The molecule has 1 saturated carbocycles. The molecule has 0 unspecified atom stereocenters. The summed E-state index contributed by atoms with van der Waals surface area (Å²) in [5, 5.41) is 9.30. The Balaban J connectivity index is 1.54. The first-order chi connectivity index (χ1) is 12.8. The average molecular weight is 404 g/mol. The van der Waals surface area contributed by atoms with Gasteiger partial charge in [-0.15, -0.1) is 11.3 Å². The molecule has 1 aliphatic rings. The molecule has 0 radical (unpaired) electrons. The van der Waals surface area contributed by atoms with E-state index in [4.69, 9.17) is 0 Å². The number of nitrogens with one attached hydrogen (secondary N) is 1. The number of hydrogen-bond donors (Lipinski definition) is 2. The van der Waals surface area contributed by atoms with Crippen LogP contribution in [0.1, 0.15) is 18.9 Å². The number of phenols is 1. The van der Waals surface area contributed by atoms with Crippen LogP contribution < -0.4 is 4.72 Å². The summed E-state index contributed by atoms with van der Waals surface area (Å²) in [4.78, 5) is 0.621. The Bertz CT molecular complexity index is 1100. The van der Waals surface area contributed by atoms with E-state index >= 15 is 0 Å². The molecule has 0 saturated heterocycles. The Kier molecular flexibility index (Phi) is 4.33. The minimum atomic E-state index is -3.66. The molecular formula is C20H18FNO3S2. The van der Waals surface area contributed by atoms with E-state index in [2.05, 4.69) is 11.6 Å². The second-order valence-electron chi connectivity index (χ2n) is 6.95. The molecule has 4 rings (SSSR count). The molecule has 3 aromatic rings. The number of phenolic OH excluding ortho intramolecular Hbond substituents is 1. The fraction of sp³-hybridized carbons (Fsp3) is 0.200. The molecule has 2 atom stereocenters. The number of rotatable bonds is 5. The van der Waals surface area contributed by atoms with E-state index in [0.29, 0.717) is 10.4 Å². The predicted molar refractivity (Wildman–Crippen MR) is 104 cm³/mol. The van der Waals surface area contributed by atoms with Crippen LogP contribution in [0.4, 0.5) is 4.39 Å². The van der Waals surface area contributed by atoms with Gasteiger partial charge in [-0.3, -0.25) is 0 Å². The van der Waals surface area contributed by atoms with E-state index in [1.54, 1.807) is 12.1 Å². The van der Waals surface area contributed by atoms with E-state index in [1.165, 1.54) is 18.2 Å². The number of hydrogen-bond acceptors (Lipinski definition) is 4. The number of aromatic hydroxyl groups is 1. The van der Waals surface area contributed by atoms with Crippen molar-refractivity contribution in [2.75, 3.05) is 0 Å². The van der Waals surface area contributed by atoms with Gasteiger partial charge >= 0.3 is 0 Å². The fourth-order valence-electron chi connectivity index (χ4n) is 3.20. The summed E-state index contributed by atoms with van der Waals surface area (Å²) < 4.78 is 42.0. The molecule has 1 fully saturated rings. The molecule has 0 amide bonds. The van der Waals surface area contributed by atoms with Gasteiger partial charge in [0.1, 0.15) is 4.21 Å². The van der Waals surface area contributed by atoms with Crippen LogP contribution >= 0.6 is 11.3 Å². The standard InChI is InChI=1S/C20H18FNO3S2/c1-20(14-5-3-2-4-6-14)12-18(20)22-27(24,25)19-10-9-17(26-19)13-7-8-16(23)15(21)11-13/h2-11,18,22-23H,12H2,1H3/t18-,20+/m0/s1.